The number of hydrogen-bond donors (Lipinski definition) is 0. The number of hydrogen-bond acceptors (Lipinski definition) is 3. The van der Waals surface area contributed by atoms with E-state index in [0.717, 1.165) is 63.8 Å². The minimum absolute atomic E-state index is 0.758. The molecular formula is C39H36N4O. The van der Waals surface area contributed by atoms with Crippen LogP contribution in [0.2, 0.25) is 0 Å². The predicted octanol–water partition coefficient (Wildman–Crippen LogP) is 10.1. The van der Waals surface area contributed by atoms with Gasteiger partial charge in [0.15, 0.2) is 0 Å². The maximum atomic E-state index is 6.52. The average molecular weight is 577 g/mol. The van der Waals surface area contributed by atoms with Crippen LogP contribution in [-0.4, -0.2) is 19.3 Å². The van der Waals surface area contributed by atoms with E-state index in [1.54, 1.807) is 0 Å². The van der Waals surface area contributed by atoms with E-state index >= 15 is 0 Å². The molecule has 5 heteroatoms. The summed E-state index contributed by atoms with van der Waals surface area (Å²) < 4.78 is 10.8. The summed E-state index contributed by atoms with van der Waals surface area (Å²) in [4.78, 5) is 4.82. The van der Waals surface area contributed by atoms with Gasteiger partial charge in [-0.05, 0) is 93.3 Å². The van der Waals surface area contributed by atoms with E-state index in [0.29, 0.717) is 0 Å². The van der Waals surface area contributed by atoms with Crippen LogP contribution in [0.15, 0.2) is 109 Å². The van der Waals surface area contributed by atoms with Crippen molar-refractivity contribution in [3.05, 3.63) is 132 Å². The molecule has 3 aromatic heterocycles. The van der Waals surface area contributed by atoms with Gasteiger partial charge in [-0.15, -0.1) is 0 Å². The number of nitrogens with zero attached hydrogens (tertiary/aromatic N) is 4. The third kappa shape index (κ3) is 5.05. The number of aromatic nitrogens is 4. The summed E-state index contributed by atoms with van der Waals surface area (Å²) in [5.74, 6) is 2.46. The molecular weight excluding hydrogens is 540 g/mol. The Morgan fingerprint density at radius 2 is 1.57 bits per heavy atom. The third-order valence-electron chi connectivity index (χ3n) is 8.40. The van der Waals surface area contributed by atoms with Crippen LogP contribution >= 0.6 is 0 Å². The predicted molar refractivity (Wildman–Crippen MR) is 180 cm³/mol. The van der Waals surface area contributed by atoms with Crippen molar-refractivity contribution in [3.63, 3.8) is 0 Å². The average Bonchev–Trinajstić information content (AvgIpc) is 3.52. The van der Waals surface area contributed by atoms with Gasteiger partial charge in [-0.25, -0.2) is 9.67 Å². The zero-order valence-corrected chi connectivity index (χ0v) is 25.7. The first kappa shape index (κ1) is 27.7. The van der Waals surface area contributed by atoms with Gasteiger partial charge in [-0.3, -0.25) is 4.57 Å². The Balaban J connectivity index is 1.28. The molecule has 0 aliphatic heterocycles. The van der Waals surface area contributed by atoms with E-state index in [4.69, 9.17) is 14.8 Å². The van der Waals surface area contributed by atoms with Crippen LogP contribution < -0.4 is 4.74 Å². The zero-order valence-electron chi connectivity index (χ0n) is 25.7. The number of ether oxygens (including phenoxy) is 1. The van der Waals surface area contributed by atoms with Crippen molar-refractivity contribution < 1.29 is 4.74 Å². The molecule has 7 aromatic rings. The van der Waals surface area contributed by atoms with Gasteiger partial charge in [0.2, 0.25) is 0 Å². The second-order valence-corrected chi connectivity index (χ2v) is 11.6. The molecule has 0 atom stereocenters. The van der Waals surface area contributed by atoms with E-state index in [1.807, 2.05) is 29.1 Å². The molecule has 4 aromatic carbocycles. The van der Waals surface area contributed by atoms with Crippen LogP contribution in [0.25, 0.3) is 44.4 Å². The van der Waals surface area contributed by atoms with Crippen molar-refractivity contribution >= 4 is 21.8 Å². The lowest BCUT2D eigenvalue weighted by atomic mass is 10.0. The Kier molecular flexibility index (Phi) is 7.23. The van der Waals surface area contributed by atoms with Gasteiger partial charge < -0.3 is 4.74 Å². The Morgan fingerprint density at radius 1 is 0.727 bits per heavy atom. The summed E-state index contributed by atoms with van der Waals surface area (Å²) in [5.41, 5.74) is 10.2. The van der Waals surface area contributed by atoms with Crippen molar-refractivity contribution in [1.29, 1.82) is 0 Å². The summed E-state index contributed by atoms with van der Waals surface area (Å²) in [6.45, 7) is 8.56. The lowest BCUT2D eigenvalue weighted by Gasteiger charge is -2.11. The minimum Gasteiger partial charge on any atom is -0.457 e. The van der Waals surface area contributed by atoms with E-state index < -0.39 is 0 Å². The number of benzene rings is 4. The van der Waals surface area contributed by atoms with E-state index in [2.05, 4.69) is 117 Å². The standard InChI is InChI=1S/C39H36N4O/c1-5-6-11-29-20-21-40-38(23-29)42-36-19-16-26(2)22-35(36)34-18-17-33(25-37(34)42)44-32-15-10-14-31(24-32)43-28(4)39(27(3)41-43)30-12-8-7-9-13-30/h7-10,12-25H,5-6,11H2,1-4H3. The van der Waals surface area contributed by atoms with E-state index in [1.165, 1.54) is 33.9 Å². The van der Waals surface area contributed by atoms with Gasteiger partial charge in [-0.2, -0.15) is 5.10 Å². The van der Waals surface area contributed by atoms with Gasteiger partial charge in [0.1, 0.15) is 17.3 Å². The van der Waals surface area contributed by atoms with Gasteiger partial charge >= 0.3 is 0 Å². The smallest absolute Gasteiger partial charge is 0.137 e. The highest BCUT2D eigenvalue weighted by molar-refractivity contribution is 6.09. The van der Waals surface area contributed by atoms with Crippen LogP contribution in [0.1, 0.15) is 42.3 Å². The quantitative estimate of drug-likeness (QED) is 0.181. The van der Waals surface area contributed by atoms with Crippen LogP contribution in [-0.2, 0) is 6.42 Å². The van der Waals surface area contributed by atoms with Crippen molar-refractivity contribution in [3.8, 4) is 34.1 Å². The maximum absolute atomic E-state index is 6.52. The monoisotopic (exact) mass is 576 g/mol. The summed E-state index contributed by atoms with van der Waals surface area (Å²) in [7, 11) is 0. The van der Waals surface area contributed by atoms with Crippen LogP contribution in [0.4, 0.5) is 0 Å². The molecule has 0 bridgehead atoms. The van der Waals surface area contributed by atoms with Crippen molar-refractivity contribution in [2.24, 2.45) is 0 Å². The summed E-state index contributed by atoms with van der Waals surface area (Å²) in [6, 6.07) is 35.9. The molecule has 3 heterocycles. The Hall–Kier alpha value is -5.16. The highest BCUT2D eigenvalue weighted by atomic mass is 16.5. The van der Waals surface area contributed by atoms with Gasteiger partial charge in [0.05, 0.1) is 22.4 Å². The number of fused-ring (bicyclic) bond motifs is 3. The molecule has 0 unspecified atom stereocenters. The lowest BCUT2D eigenvalue weighted by molar-refractivity contribution is 0.483. The van der Waals surface area contributed by atoms with Gasteiger partial charge in [-0.1, -0.05) is 61.4 Å². The Labute approximate surface area is 258 Å². The Morgan fingerprint density at radius 3 is 2.41 bits per heavy atom. The first-order valence-electron chi connectivity index (χ1n) is 15.4. The molecule has 44 heavy (non-hydrogen) atoms. The fraction of sp³-hybridized carbons (Fsp3) is 0.179. The third-order valence-corrected chi connectivity index (χ3v) is 8.40. The summed E-state index contributed by atoms with van der Waals surface area (Å²) in [5, 5.41) is 7.30. The highest BCUT2D eigenvalue weighted by Crippen LogP contribution is 2.36. The number of unbranched alkanes of at least 4 members (excludes halogenated alkanes) is 1. The lowest BCUT2D eigenvalue weighted by Crippen LogP contribution is -2.00. The molecule has 218 valence electrons. The first-order chi connectivity index (χ1) is 21.5. The molecule has 5 nitrogen and oxygen atoms in total. The normalized spacial score (nSPS) is 11.5. The number of aryl methyl sites for hydroxylation is 3. The largest absolute Gasteiger partial charge is 0.457 e. The fourth-order valence-corrected chi connectivity index (χ4v) is 6.28. The molecule has 0 spiro atoms. The van der Waals surface area contributed by atoms with Gasteiger partial charge in [0.25, 0.3) is 0 Å². The maximum Gasteiger partial charge on any atom is 0.137 e. The second-order valence-electron chi connectivity index (χ2n) is 11.6. The molecule has 0 fully saturated rings. The first-order valence-corrected chi connectivity index (χ1v) is 15.4. The molecule has 0 N–H and O–H groups in total. The van der Waals surface area contributed by atoms with Gasteiger partial charge in [0, 0.05) is 40.4 Å². The molecule has 0 aliphatic carbocycles. The topological polar surface area (TPSA) is 44.9 Å². The molecule has 0 radical (unpaired) electrons. The summed E-state index contributed by atoms with van der Waals surface area (Å²) in [6.07, 6.45) is 5.31. The van der Waals surface area contributed by atoms with Crippen LogP contribution in [0.3, 0.4) is 0 Å². The van der Waals surface area contributed by atoms with Crippen LogP contribution in [0.5, 0.6) is 11.5 Å². The molecule has 0 amide bonds. The number of pyridine rings is 1. The molecule has 7 rings (SSSR count). The zero-order chi connectivity index (χ0) is 30.2. The molecule has 0 saturated heterocycles. The van der Waals surface area contributed by atoms with Crippen molar-refractivity contribution in [2.45, 2.75) is 47.0 Å². The molecule has 0 aliphatic rings. The summed E-state index contributed by atoms with van der Waals surface area (Å²) >= 11 is 0. The Bertz CT molecular complexity index is 2120. The SMILES string of the molecule is CCCCc1ccnc(-n2c3ccc(C)cc3c3ccc(Oc4cccc(-n5nc(C)c(-c6ccccc6)c5C)c4)cc32)c1. The van der Waals surface area contributed by atoms with Crippen molar-refractivity contribution in [2.75, 3.05) is 0 Å². The van der Waals surface area contributed by atoms with Crippen LogP contribution in [0, 0.1) is 20.8 Å². The molecule has 0 saturated carbocycles. The van der Waals surface area contributed by atoms with E-state index in [-0.39, 0.29) is 0 Å². The number of rotatable bonds is 8. The highest BCUT2D eigenvalue weighted by Gasteiger charge is 2.17. The minimum atomic E-state index is 0.758. The van der Waals surface area contributed by atoms with E-state index in [9.17, 15) is 0 Å². The van der Waals surface area contributed by atoms with Crippen molar-refractivity contribution in [1.82, 2.24) is 19.3 Å². The second kappa shape index (κ2) is 11.5. The fourth-order valence-electron chi connectivity index (χ4n) is 6.28.